The van der Waals surface area contributed by atoms with Crippen LogP contribution in [0, 0.1) is 0 Å². The predicted octanol–water partition coefficient (Wildman–Crippen LogP) is 3.32. The third kappa shape index (κ3) is 1.54. The molecule has 1 aliphatic heterocycles. The maximum Gasteiger partial charge on any atom is 0.251 e. The van der Waals surface area contributed by atoms with E-state index >= 15 is 0 Å². The lowest BCUT2D eigenvalue weighted by Gasteiger charge is -2.35. The molecule has 2 fully saturated rings. The van der Waals surface area contributed by atoms with Crippen molar-refractivity contribution in [3.05, 3.63) is 22.7 Å². The van der Waals surface area contributed by atoms with Crippen LogP contribution in [0.5, 0.6) is 11.5 Å². The number of ether oxygens (including phenoxy) is 2. The minimum atomic E-state index is -0.480. The van der Waals surface area contributed by atoms with E-state index in [1.54, 1.807) is 12.1 Å². The van der Waals surface area contributed by atoms with Gasteiger partial charge in [-0.2, -0.15) is 4.99 Å². The van der Waals surface area contributed by atoms with Crippen molar-refractivity contribution in [2.24, 2.45) is 4.99 Å². The molecular weight excluding hydrogens is 266 g/mol. The topological polar surface area (TPSA) is 47.9 Å². The number of halogens is 1. The largest absolute Gasteiger partial charge is 0.448 e. The molecule has 4 nitrogen and oxygen atoms in total. The van der Waals surface area contributed by atoms with Crippen molar-refractivity contribution in [3.63, 3.8) is 0 Å². The van der Waals surface area contributed by atoms with E-state index in [-0.39, 0.29) is 0 Å². The Morgan fingerprint density at radius 1 is 1.16 bits per heavy atom. The number of fused-ring (bicyclic) bond motifs is 1. The van der Waals surface area contributed by atoms with Crippen LogP contribution in [0.3, 0.4) is 0 Å². The molecule has 0 amide bonds. The smallest absolute Gasteiger partial charge is 0.251 e. The summed E-state index contributed by atoms with van der Waals surface area (Å²) in [5, 5.41) is 0.579. The van der Waals surface area contributed by atoms with Crippen molar-refractivity contribution in [2.45, 2.75) is 43.4 Å². The molecule has 98 valence electrons. The van der Waals surface area contributed by atoms with Crippen LogP contribution in [-0.4, -0.2) is 11.9 Å². The van der Waals surface area contributed by atoms with E-state index in [0.717, 1.165) is 37.7 Å². The lowest BCUT2D eigenvalue weighted by Crippen LogP contribution is -2.45. The van der Waals surface area contributed by atoms with Crippen LogP contribution in [0.25, 0.3) is 0 Å². The number of benzene rings is 1. The molecule has 1 aromatic rings. The van der Waals surface area contributed by atoms with Gasteiger partial charge in [0.1, 0.15) is 0 Å². The average molecular weight is 278 g/mol. The molecule has 2 saturated carbocycles. The highest BCUT2D eigenvalue weighted by molar-refractivity contribution is 6.31. The van der Waals surface area contributed by atoms with Crippen molar-refractivity contribution >= 4 is 17.7 Å². The first-order valence-electron chi connectivity index (χ1n) is 6.48. The summed E-state index contributed by atoms with van der Waals surface area (Å²) < 4.78 is 11.8. The summed E-state index contributed by atoms with van der Waals surface area (Å²) in [7, 11) is 0. The summed E-state index contributed by atoms with van der Waals surface area (Å²) in [6.45, 7) is 0. The second-order valence-corrected chi connectivity index (χ2v) is 5.89. The van der Waals surface area contributed by atoms with Crippen molar-refractivity contribution in [1.29, 1.82) is 0 Å². The van der Waals surface area contributed by atoms with Crippen LogP contribution in [0.1, 0.15) is 37.7 Å². The normalized spacial score (nSPS) is 23.6. The van der Waals surface area contributed by atoms with Gasteiger partial charge in [0, 0.05) is 24.5 Å². The van der Waals surface area contributed by atoms with Gasteiger partial charge >= 0.3 is 0 Å². The predicted molar refractivity (Wildman–Crippen MR) is 68.3 cm³/mol. The third-order valence-electron chi connectivity index (χ3n) is 4.23. The van der Waals surface area contributed by atoms with E-state index in [2.05, 4.69) is 4.99 Å². The number of hydrogen-bond acceptors (Lipinski definition) is 4. The summed E-state index contributed by atoms with van der Waals surface area (Å²) in [6.07, 6.45) is 6.24. The monoisotopic (exact) mass is 277 g/mol. The van der Waals surface area contributed by atoms with E-state index in [9.17, 15) is 4.79 Å². The highest BCUT2D eigenvalue weighted by atomic mass is 35.5. The van der Waals surface area contributed by atoms with Gasteiger partial charge in [0.15, 0.2) is 11.5 Å². The summed E-state index contributed by atoms with van der Waals surface area (Å²) in [5.41, 5.74) is 0.364. The summed E-state index contributed by atoms with van der Waals surface area (Å²) in [5.74, 6) is 0.945. The van der Waals surface area contributed by atoms with Crippen LogP contribution in [0.4, 0.5) is 0 Å². The van der Waals surface area contributed by atoms with E-state index in [1.807, 2.05) is 6.07 Å². The number of rotatable bonds is 2. The third-order valence-corrected chi connectivity index (χ3v) is 4.54. The summed E-state index contributed by atoms with van der Waals surface area (Å²) in [4.78, 5) is 14.5. The van der Waals surface area contributed by atoms with Crippen LogP contribution >= 0.6 is 11.6 Å². The van der Waals surface area contributed by atoms with Crippen LogP contribution < -0.4 is 9.47 Å². The molecule has 0 saturated heterocycles. The number of hydrogen-bond donors (Lipinski definition) is 0. The second kappa shape index (κ2) is 3.53. The molecule has 0 radical (unpaired) electrons. The molecule has 1 spiro atoms. The van der Waals surface area contributed by atoms with Crippen molar-refractivity contribution in [3.8, 4) is 11.5 Å². The van der Waals surface area contributed by atoms with Gasteiger partial charge in [-0.25, -0.2) is 4.79 Å². The molecular formula is C14H12ClNO3. The first-order chi connectivity index (χ1) is 9.16. The Labute approximate surface area is 115 Å². The molecule has 0 bridgehead atoms. The minimum absolute atomic E-state index is 0.463. The first-order valence-corrected chi connectivity index (χ1v) is 6.85. The Morgan fingerprint density at radius 2 is 1.84 bits per heavy atom. The molecule has 2 aliphatic carbocycles. The Kier molecular flexibility index (Phi) is 2.10. The zero-order valence-corrected chi connectivity index (χ0v) is 11.0. The van der Waals surface area contributed by atoms with E-state index < -0.39 is 11.3 Å². The van der Waals surface area contributed by atoms with Crippen molar-refractivity contribution < 1.29 is 14.3 Å². The quantitative estimate of drug-likeness (QED) is 0.615. The van der Waals surface area contributed by atoms with Crippen molar-refractivity contribution in [1.82, 2.24) is 0 Å². The maximum absolute atomic E-state index is 10.5. The summed E-state index contributed by atoms with van der Waals surface area (Å²) in [6, 6.07) is 3.65. The number of aliphatic imine (C=N–C) groups is 1. The van der Waals surface area contributed by atoms with Gasteiger partial charge in [0.25, 0.3) is 5.79 Å². The fraction of sp³-hybridized carbons (Fsp3) is 0.500. The van der Waals surface area contributed by atoms with Gasteiger partial charge in [0.05, 0.1) is 10.6 Å². The van der Waals surface area contributed by atoms with E-state index in [0.29, 0.717) is 16.5 Å². The molecule has 0 N–H and O–H groups in total. The molecule has 1 heterocycles. The lowest BCUT2D eigenvalue weighted by molar-refractivity contribution is -0.138. The zero-order valence-electron chi connectivity index (χ0n) is 10.2. The molecule has 4 rings (SSSR count). The Balaban J connectivity index is 1.76. The molecule has 3 aliphatic rings. The molecule has 1 aromatic carbocycles. The Hall–Kier alpha value is -1.51. The highest BCUT2D eigenvalue weighted by Crippen LogP contribution is 2.56. The summed E-state index contributed by atoms with van der Waals surface area (Å²) >= 11 is 6.30. The van der Waals surface area contributed by atoms with Gasteiger partial charge < -0.3 is 9.47 Å². The fourth-order valence-corrected chi connectivity index (χ4v) is 3.12. The highest BCUT2D eigenvalue weighted by Gasteiger charge is 2.50. The van der Waals surface area contributed by atoms with Gasteiger partial charge in [0.2, 0.25) is 6.08 Å². The minimum Gasteiger partial charge on any atom is -0.448 e. The van der Waals surface area contributed by atoms with Crippen molar-refractivity contribution in [2.75, 3.05) is 0 Å². The van der Waals surface area contributed by atoms with E-state index in [1.165, 1.54) is 0 Å². The van der Waals surface area contributed by atoms with Gasteiger partial charge in [-0.3, -0.25) is 0 Å². The second-order valence-electron chi connectivity index (χ2n) is 5.48. The Bertz CT molecular complexity index is 613. The van der Waals surface area contributed by atoms with Gasteiger partial charge in [-0.15, -0.1) is 0 Å². The SMILES string of the molecule is O=C=NC1(c2cc3c(cc2Cl)OC2(CCC2)O3)CC1. The number of nitrogens with zero attached hydrogens (tertiary/aromatic N) is 1. The standard InChI is InChI=1S/C14H12ClNO3/c15-10-7-12-11(18-14(19-12)2-1-3-14)6-9(10)13(4-5-13)16-8-17/h6-7H,1-5H2. The van der Waals surface area contributed by atoms with Crippen LogP contribution in [0.15, 0.2) is 17.1 Å². The molecule has 0 unspecified atom stereocenters. The van der Waals surface area contributed by atoms with Gasteiger partial charge in [-0.05, 0) is 25.3 Å². The molecule has 0 aromatic heterocycles. The fourth-order valence-electron chi connectivity index (χ4n) is 2.79. The van der Waals surface area contributed by atoms with Crippen LogP contribution in [0.2, 0.25) is 5.02 Å². The lowest BCUT2D eigenvalue weighted by atomic mass is 9.91. The Morgan fingerprint density at radius 3 is 2.37 bits per heavy atom. The average Bonchev–Trinajstić information content (AvgIpc) is 3.00. The zero-order chi connectivity index (χ0) is 13.1. The number of isocyanates is 1. The van der Waals surface area contributed by atoms with E-state index in [4.69, 9.17) is 21.1 Å². The van der Waals surface area contributed by atoms with Crippen LogP contribution in [-0.2, 0) is 10.3 Å². The molecule has 0 atom stereocenters. The molecule has 5 heteroatoms. The maximum atomic E-state index is 10.5. The first kappa shape index (κ1) is 11.3. The molecule has 19 heavy (non-hydrogen) atoms. The number of carbonyl (C=O) groups excluding carboxylic acids is 1. The van der Waals surface area contributed by atoms with Gasteiger partial charge in [-0.1, -0.05) is 11.6 Å².